The van der Waals surface area contributed by atoms with Crippen molar-refractivity contribution in [1.82, 2.24) is 4.72 Å². The fourth-order valence-electron chi connectivity index (χ4n) is 2.35. The van der Waals surface area contributed by atoms with Crippen LogP contribution in [0.15, 0.2) is 41.3 Å². The molecule has 0 spiro atoms. The molecule has 2 aromatic carbocycles. The molecule has 0 aliphatic carbocycles. The standard InChI is InChI=1S/C18H23N3O5S/c1-12-4-5-13(19)10-15(12)21-18(22)8-9-20-27(23,24)14-6-7-16(25-2)17(11-14)26-3/h4-7,10-11,20H,8-9,19H2,1-3H3,(H,21,22). The molecular weight excluding hydrogens is 370 g/mol. The molecule has 0 radical (unpaired) electrons. The number of carbonyl (C=O) groups is 1. The van der Waals surface area contributed by atoms with Gasteiger partial charge in [-0.25, -0.2) is 13.1 Å². The van der Waals surface area contributed by atoms with Crippen molar-refractivity contribution in [3.8, 4) is 11.5 Å². The molecular formula is C18H23N3O5S. The number of amides is 1. The highest BCUT2D eigenvalue weighted by atomic mass is 32.2. The number of hydrogen-bond donors (Lipinski definition) is 3. The van der Waals surface area contributed by atoms with Crippen molar-refractivity contribution in [3.05, 3.63) is 42.0 Å². The molecule has 27 heavy (non-hydrogen) atoms. The third-order valence-electron chi connectivity index (χ3n) is 3.85. The zero-order chi connectivity index (χ0) is 20.0. The quantitative estimate of drug-likeness (QED) is 0.589. The molecule has 8 nitrogen and oxygen atoms in total. The predicted molar refractivity (Wildman–Crippen MR) is 104 cm³/mol. The summed E-state index contributed by atoms with van der Waals surface area (Å²) in [5, 5.41) is 2.72. The lowest BCUT2D eigenvalue weighted by Gasteiger charge is -2.12. The first-order valence-corrected chi connectivity index (χ1v) is 9.63. The molecule has 0 saturated carbocycles. The number of methoxy groups -OCH3 is 2. The average Bonchev–Trinajstić information content (AvgIpc) is 2.63. The normalized spacial score (nSPS) is 11.1. The zero-order valence-electron chi connectivity index (χ0n) is 15.4. The van der Waals surface area contributed by atoms with E-state index in [1.165, 1.54) is 32.4 Å². The summed E-state index contributed by atoms with van der Waals surface area (Å²) in [4.78, 5) is 12.1. The van der Waals surface area contributed by atoms with Crippen LogP contribution in [0.3, 0.4) is 0 Å². The number of aryl methyl sites for hydroxylation is 1. The van der Waals surface area contributed by atoms with Gasteiger partial charge >= 0.3 is 0 Å². The summed E-state index contributed by atoms with van der Waals surface area (Å²) in [6.45, 7) is 1.79. The second-order valence-corrected chi connectivity index (χ2v) is 7.55. The Morgan fingerprint density at radius 1 is 1.07 bits per heavy atom. The SMILES string of the molecule is COc1ccc(S(=O)(=O)NCCC(=O)Nc2cc(N)ccc2C)cc1OC. The molecule has 0 fully saturated rings. The van der Waals surface area contributed by atoms with E-state index in [0.717, 1.165) is 5.56 Å². The van der Waals surface area contributed by atoms with Crippen molar-refractivity contribution in [2.75, 3.05) is 31.8 Å². The Bertz CT molecular complexity index is 929. The second-order valence-electron chi connectivity index (χ2n) is 5.79. The molecule has 0 atom stereocenters. The van der Waals surface area contributed by atoms with Crippen LogP contribution in [0.25, 0.3) is 0 Å². The number of benzene rings is 2. The van der Waals surface area contributed by atoms with E-state index in [4.69, 9.17) is 15.2 Å². The van der Waals surface area contributed by atoms with Crippen LogP contribution in [0.1, 0.15) is 12.0 Å². The van der Waals surface area contributed by atoms with Crippen molar-refractivity contribution in [2.24, 2.45) is 0 Å². The predicted octanol–water partition coefficient (Wildman–Crippen LogP) is 1.90. The summed E-state index contributed by atoms with van der Waals surface area (Å²) in [5.41, 5.74) is 7.70. The van der Waals surface area contributed by atoms with Crippen LogP contribution in [-0.2, 0) is 14.8 Å². The van der Waals surface area contributed by atoms with Gasteiger partial charge in [0.15, 0.2) is 11.5 Å². The fraction of sp³-hybridized carbons (Fsp3) is 0.278. The van der Waals surface area contributed by atoms with Gasteiger partial charge in [0.2, 0.25) is 15.9 Å². The molecule has 0 bridgehead atoms. The maximum Gasteiger partial charge on any atom is 0.240 e. The number of nitrogen functional groups attached to an aromatic ring is 1. The molecule has 0 saturated heterocycles. The molecule has 146 valence electrons. The van der Waals surface area contributed by atoms with Crippen LogP contribution in [0.5, 0.6) is 11.5 Å². The molecule has 4 N–H and O–H groups in total. The van der Waals surface area contributed by atoms with Crippen molar-refractivity contribution < 1.29 is 22.7 Å². The van der Waals surface area contributed by atoms with E-state index in [2.05, 4.69) is 10.0 Å². The number of sulfonamides is 1. The topological polar surface area (TPSA) is 120 Å². The minimum Gasteiger partial charge on any atom is -0.493 e. The van der Waals surface area contributed by atoms with Gasteiger partial charge in [-0.15, -0.1) is 0 Å². The number of ether oxygens (including phenoxy) is 2. The van der Waals surface area contributed by atoms with Gasteiger partial charge in [0.1, 0.15) is 0 Å². The molecule has 2 aromatic rings. The van der Waals surface area contributed by atoms with Crippen molar-refractivity contribution in [2.45, 2.75) is 18.2 Å². The Morgan fingerprint density at radius 2 is 1.78 bits per heavy atom. The smallest absolute Gasteiger partial charge is 0.240 e. The molecule has 0 aliphatic rings. The lowest BCUT2D eigenvalue weighted by atomic mass is 10.2. The van der Waals surface area contributed by atoms with Crippen LogP contribution >= 0.6 is 0 Å². The van der Waals surface area contributed by atoms with Crippen molar-refractivity contribution >= 4 is 27.3 Å². The number of anilines is 2. The van der Waals surface area contributed by atoms with Gasteiger partial charge in [-0.3, -0.25) is 4.79 Å². The number of nitrogens with one attached hydrogen (secondary N) is 2. The van der Waals surface area contributed by atoms with Gasteiger partial charge in [-0.2, -0.15) is 0 Å². The Hall–Kier alpha value is -2.78. The number of hydrogen-bond acceptors (Lipinski definition) is 6. The van der Waals surface area contributed by atoms with Crippen LogP contribution in [0.2, 0.25) is 0 Å². The molecule has 9 heteroatoms. The summed E-state index contributed by atoms with van der Waals surface area (Å²) in [6.07, 6.45) is -0.0270. The molecule has 0 aromatic heterocycles. The van der Waals surface area contributed by atoms with Crippen LogP contribution in [0.4, 0.5) is 11.4 Å². The molecule has 1 amide bonds. The zero-order valence-corrected chi connectivity index (χ0v) is 16.2. The fourth-order valence-corrected chi connectivity index (χ4v) is 3.40. The molecule has 0 heterocycles. The summed E-state index contributed by atoms with van der Waals surface area (Å²) in [7, 11) is -0.903. The Kier molecular flexibility index (Phi) is 6.65. The second kappa shape index (κ2) is 8.74. The maximum atomic E-state index is 12.4. The number of carbonyl (C=O) groups excluding carboxylic acids is 1. The van der Waals surface area contributed by atoms with E-state index < -0.39 is 10.0 Å². The minimum absolute atomic E-state index is 0.0206. The van der Waals surface area contributed by atoms with E-state index in [1.54, 1.807) is 18.2 Å². The highest BCUT2D eigenvalue weighted by Crippen LogP contribution is 2.29. The largest absolute Gasteiger partial charge is 0.493 e. The minimum atomic E-state index is -3.79. The van der Waals surface area contributed by atoms with Gasteiger partial charge in [0, 0.05) is 30.4 Å². The first-order valence-electron chi connectivity index (χ1n) is 8.14. The summed E-state index contributed by atoms with van der Waals surface area (Å²) in [5.74, 6) is 0.405. The van der Waals surface area contributed by atoms with Crippen LogP contribution < -0.4 is 25.2 Å². The first-order chi connectivity index (χ1) is 12.8. The first kappa shape index (κ1) is 20.5. The van der Waals surface area contributed by atoms with Gasteiger partial charge in [0.25, 0.3) is 0 Å². The summed E-state index contributed by atoms with van der Waals surface area (Å²) < 4.78 is 37.4. The lowest BCUT2D eigenvalue weighted by Crippen LogP contribution is -2.28. The maximum absolute atomic E-state index is 12.4. The van der Waals surface area contributed by atoms with Crippen molar-refractivity contribution in [3.63, 3.8) is 0 Å². The lowest BCUT2D eigenvalue weighted by molar-refractivity contribution is -0.116. The van der Waals surface area contributed by atoms with Crippen LogP contribution in [-0.4, -0.2) is 35.1 Å². The van der Waals surface area contributed by atoms with E-state index in [1.807, 2.05) is 6.92 Å². The van der Waals surface area contributed by atoms with Crippen molar-refractivity contribution in [1.29, 1.82) is 0 Å². The Balaban J connectivity index is 1.97. The van der Waals surface area contributed by atoms with Gasteiger partial charge in [0.05, 0.1) is 19.1 Å². The monoisotopic (exact) mass is 393 g/mol. The molecule has 2 rings (SSSR count). The summed E-state index contributed by atoms with van der Waals surface area (Å²) >= 11 is 0. The Morgan fingerprint density at radius 3 is 2.44 bits per heavy atom. The summed E-state index contributed by atoms with van der Waals surface area (Å²) in [6, 6.07) is 9.45. The van der Waals surface area contributed by atoms with E-state index in [0.29, 0.717) is 22.9 Å². The van der Waals surface area contributed by atoms with E-state index in [-0.39, 0.29) is 23.8 Å². The van der Waals surface area contributed by atoms with Crippen LogP contribution in [0, 0.1) is 6.92 Å². The van der Waals surface area contributed by atoms with Gasteiger partial charge < -0.3 is 20.5 Å². The third kappa shape index (κ3) is 5.35. The Labute approximate surface area is 158 Å². The van der Waals surface area contributed by atoms with E-state index >= 15 is 0 Å². The molecule has 0 unspecified atom stereocenters. The highest BCUT2D eigenvalue weighted by molar-refractivity contribution is 7.89. The molecule has 0 aliphatic heterocycles. The van der Waals surface area contributed by atoms with Gasteiger partial charge in [-0.1, -0.05) is 6.07 Å². The average molecular weight is 393 g/mol. The highest BCUT2D eigenvalue weighted by Gasteiger charge is 2.17. The third-order valence-corrected chi connectivity index (χ3v) is 5.30. The number of rotatable bonds is 8. The number of nitrogens with two attached hydrogens (primary N) is 1. The van der Waals surface area contributed by atoms with Gasteiger partial charge in [-0.05, 0) is 36.8 Å². The van der Waals surface area contributed by atoms with E-state index in [9.17, 15) is 13.2 Å².